The third kappa shape index (κ3) is 2.74. The van der Waals surface area contributed by atoms with Gasteiger partial charge in [-0.1, -0.05) is 48.5 Å². The van der Waals surface area contributed by atoms with Crippen molar-refractivity contribution in [3.05, 3.63) is 77.4 Å². The topological polar surface area (TPSA) is 63.7 Å². The summed E-state index contributed by atoms with van der Waals surface area (Å²) in [6.07, 6.45) is 0. The number of methoxy groups -OCH3 is 1. The molecule has 2 aromatic carbocycles. The van der Waals surface area contributed by atoms with Crippen LogP contribution in [0.1, 0.15) is 27.5 Å². The molecule has 5 heteroatoms. The van der Waals surface area contributed by atoms with E-state index < -0.39 is 23.7 Å². The number of carbonyl (C=O) groups excluding carboxylic acids is 3. The van der Waals surface area contributed by atoms with Gasteiger partial charge in [-0.3, -0.25) is 14.5 Å². The Hall–Kier alpha value is -3.21. The summed E-state index contributed by atoms with van der Waals surface area (Å²) in [7, 11) is 1.25. The number of rotatable bonds is 4. The molecule has 1 aliphatic heterocycles. The van der Waals surface area contributed by atoms with Gasteiger partial charge in [0, 0.05) is 0 Å². The summed E-state index contributed by atoms with van der Waals surface area (Å²) in [6, 6.07) is 13.4. The second-order valence-electron chi connectivity index (χ2n) is 5.85. The van der Waals surface area contributed by atoms with Crippen LogP contribution in [0.25, 0.3) is 0 Å². The molecule has 1 amide bonds. The first-order valence-electron chi connectivity index (χ1n) is 7.76. The van der Waals surface area contributed by atoms with Crippen molar-refractivity contribution in [3.8, 4) is 0 Å². The van der Waals surface area contributed by atoms with Gasteiger partial charge in [-0.05, 0) is 24.6 Å². The Balaban J connectivity index is 2.18. The second kappa shape index (κ2) is 6.36. The summed E-state index contributed by atoms with van der Waals surface area (Å²) in [6.45, 7) is 5.67. The highest BCUT2D eigenvalue weighted by Gasteiger charge is 2.42. The minimum Gasteiger partial charge on any atom is -0.466 e. The van der Waals surface area contributed by atoms with Crippen LogP contribution in [0.4, 0.5) is 5.69 Å². The molecule has 0 fully saturated rings. The van der Waals surface area contributed by atoms with E-state index >= 15 is 0 Å². The van der Waals surface area contributed by atoms with Crippen LogP contribution in [0, 0.1) is 6.92 Å². The van der Waals surface area contributed by atoms with E-state index in [-0.39, 0.29) is 5.57 Å². The van der Waals surface area contributed by atoms with Gasteiger partial charge in [0.25, 0.3) is 11.7 Å². The molecule has 0 N–H and O–H groups in total. The fourth-order valence-corrected chi connectivity index (χ4v) is 3.02. The van der Waals surface area contributed by atoms with E-state index in [4.69, 9.17) is 4.74 Å². The van der Waals surface area contributed by atoms with Crippen LogP contribution in [0.5, 0.6) is 0 Å². The zero-order valence-electron chi connectivity index (χ0n) is 14.0. The molecule has 1 aliphatic rings. The Morgan fingerprint density at radius 2 is 1.80 bits per heavy atom. The van der Waals surface area contributed by atoms with E-state index in [0.29, 0.717) is 16.8 Å². The van der Waals surface area contributed by atoms with Gasteiger partial charge in [-0.25, -0.2) is 4.79 Å². The van der Waals surface area contributed by atoms with Crippen molar-refractivity contribution in [2.45, 2.75) is 13.0 Å². The number of hydrogen-bond acceptors (Lipinski definition) is 4. The van der Waals surface area contributed by atoms with Crippen LogP contribution in [-0.2, 0) is 14.3 Å². The van der Waals surface area contributed by atoms with E-state index in [1.54, 1.807) is 36.4 Å². The molecule has 0 spiro atoms. The molecule has 0 bridgehead atoms. The Morgan fingerprint density at radius 3 is 2.44 bits per heavy atom. The highest BCUT2D eigenvalue weighted by Crippen LogP contribution is 2.39. The van der Waals surface area contributed by atoms with Crippen molar-refractivity contribution < 1.29 is 19.1 Å². The lowest BCUT2D eigenvalue weighted by molar-refractivity contribution is -0.136. The molecule has 0 aromatic heterocycles. The summed E-state index contributed by atoms with van der Waals surface area (Å²) in [4.78, 5) is 38.5. The van der Waals surface area contributed by atoms with Gasteiger partial charge in [0.1, 0.15) is 0 Å². The molecule has 2 aromatic rings. The molecule has 3 rings (SSSR count). The minimum absolute atomic E-state index is 0.0864. The number of hydrogen-bond donors (Lipinski definition) is 0. The average molecular weight is 335 g/mol. The number of Topliss-reactive ketones (excluding diaryl/α,β-unsaturated/α-hetero) is 1. The van der Waals surface area contributed by atoms with E-state index in [1.165, 1.54) is 12.0 Å². The van der Waals surface area contributed by atoms with Gasteiger partial charge in [-0.2, -0.15) is 0 Å². The molecule has 126 valence electrons. The smallest absolute Gasteiger partial charge is 0.335 e. The number of amides is 1. The highest BCUT2D eigenvalue weighted by molar-refractivity contribution is 6.52. The van der Waals surface area contributed by atoms with Crippen LogP contribution >= 0.6 is 0 Å². The Labute approximate surface area is 145 Å². The van der Waals surface area contributed by atoms with Gasteiger partial charge < -0.3 is 4.74 Å². The first-order valence-corrected chi connectivity index (χ1v) is 7.76. The van der Waals surface area contributed by atoms with Gasteiger partial charge in [0.2, 0.25) is 0 Å². The van der Waals surface area contributed by atoms with Crippen molar-refractivity contribution in [1.29, 1.82) is 0 Å². The maximum absolute atomic E-state index is 12.7. The number of fused-ring (bicyclic) bond motifs is 1. The van der Waals surface area contributed by atoms with Crippen molar-refractivity contribution in [2.75, 3.05) is 12.0 Å². The predicted molar refractivity (Wildman–Crippen MR) is 93.3 cm³/mol. The Kier molecular flexibility index (Phi) is 4.23. The molecule has 1 heterocycles. The number of aryl methyl sites for hydroxylation is 1. The first kappa shape index (κ1) is 16.6. The molecule has 25 heavy (non-hydrogen) atoms. The standard InChI is InChI=1S/C20H17NO4/c1-12-9-10-16-15(11-12)18(22)19(23)21(16)17(13(2)20(24)25-3)14-7-5-4-6-8-14/h4-11,17H,2H2,1,3H3/t17-/m1/s1. The zero-order chi connectivity index (χ0) is 18.1. The van der Waals surface area contributed by atoms with E-state index in [2.05, 4.69) is 6.58 Å². The lowest BCUT2D eigenvalue weighted by atomic mass is 9.97. The maximum Gasteiger partial charge on any atom is 0.335 e. The summed E-state index contributed by atoms with van der Waals surface area (Å²) in [5, 5.41) is 0. The summed E-state index contributed by atoms with van der Waals surface area (Å²) in [5.74, 6) is -1.90. The molecule has 0 saturated heterocycles. The number of carbonyl (C=O) groups is 3. The fraction of sp³-hybridized carbons (Fsp3) is 0.150. The third-order valence-corrected chi connectivity index (χ3v) is 4.22. The largest absolute Gasteiger partial charge is 0.466 e. The number of ether oxygens (including phenoxy) is 1. The number of ketones is 1. The summed E-state index contributed by atoms with van der Waals surface area (Å²) >= 11 is 0. The first-order chi connectivity index (χ1) is 12.0. The molecule has 5 nitrogen and oxygen atoms in total. The number of anilines is 1. The Morgan fingerprint density at radius 1 is 1.12 bits per heavy atom. The van der Waals surface area contributed by atoms with Crippen LogP contribution < -0.4 is 4.90 Å². The summed E-state index contributed by atoms with van der Waals surface area (Å²) < 4.78 is 4.78. The van der Waals surface area contributed by atoms with E-state index in [0.717, 1.165) is 5.56 Å². The molecule has 0 radical (unpaired) electrons. The second-order valence-corrected chi connectivity index (χ2v) is 5.85. The van der Waals surface area contributed by atoms with E-state index in [9.17, 15) is 14.4 Å². The molecule has 0 unspecified atom stereocenters. The lowest BCUT2D eigenvalue weighted by Gasteiger charge is -2.29. The lowest BCUT2D eigenvalue weighted by Crippen LogP contribution is -2.36. The molecule has 0 aliphatic carbocycles. The van der Waals surface area contributed by atoms with Gasteiger partial charge >= 0.3 is 5.97 Å². The molecular formula is C20H17NO4. The van der Waals surface area contributed by atoms with Gasteiger partial charge in [0.15, 0.2) is 0 Å². The third-order valence-electron chi connectivity index (χ3n) is 4.22. The summed E-state index contributed by atoms with van der Waals surface area (Å²) in [5.41, 5.74) is 2.45. The Bertz CT molecular complexity index is 886. The van der Waals surface area contributed by atoms with Crippen LogP contribution in [0.3, 0.4) is 0 Å². The number of esters is 1. The minimum atomic E-state index is -0.811. The number of nitrogens with zero attached hydrogens (tertiary/aromatic N) is 1. The SMILES string of the molecule is C=C(C(=O)OC)[C@H](c1ccccc1)N1C(=O)C(=O)c2cc(C)ccc21. The molecule has 1 atom stereocenters. The fourth-order valence-electron chi connectivity index (χ4n) is 3.02. The van der Waals surface area contributed by atoms with Crippen molar-refractivity contribution in [2.24, 2.45) is 0 Å². The van der Waals surface area contributed by atoms with Gasteiger partial charge in [-0.15, -0.1) is 0 Å². The molecular weight excluding hydrogens is 318 g/mol. The number of benzene rings is 2. The molecule has 0 saturated carbocycles. The highest BCUT2D eigenvalue weighted by atomic mass is 16.5. The van der Waals surface area contributed by atoms with Crippen molar-refractivity contribution >= 4 is 23.3 Å². The average Bonchev–Trinajstić information content (AvgIpc) is 2.87. The zero-order valence-corrected chi connectivity index (χ0v) is 14.0. The van der Waals surface area contributed by atoms with E-state index in [1.807, 2.05) is 19.1 Å². The van der Waals surface area contributed by atoms with Crippen LogP contribution in [0.15, 0.2) is 60.7 Å². The van der Waals surface area contributed by atoms with Crippen LogP contribution in [-0.4, -0.2) is 24.8 Å². The van der Waals surface area contributed by atoms with Gasteiger partial charge in [0.05, 0.1) is 30.0 Å². The monoisotopic (exact) mass is 335 g/mol. The van der Waals surface area contributed by atoms with Crippen molar-refractivity contribution in [1.82, 2.24) is 0 Å². The predicted octanol–water partition coefficient (Wildman–Crippen LogP) is 2.99. The quantitative estimate of drug-likeness (QED) is 0.489. The van der Waals surface area contributed by atoms with Crippen molar-refractivity contribution in [3.63, 3.8) is 0 Å². The van der Waals surface area contributed by atoms with Crippen LogP contribution in [0.2, 0.25) is 0 Å². The maximum atomic E-state index is 12.7. The normalized spacial score (nSPS) is 14.2.